The molecule has 2 unspecified atom stereocenters. The van der Waals surface area contributed by atoms with Crippen molar-refractivity contribution in [1.82, 2.24) is 9.80 Å². The molecule has 0 saturated carbocycles. The van der Waals surface area contributed by atoms with Crippen LogP contribution in [0.1, 0.15) is 111 Å². The lowest BCUT2D eigenvalue weighted by Crippen LogP contribution is -2.44. The first-order chi connectivity index (χ1) is 21.1. The quantitative estimate of drug-likeness (QED) is 0.204. The van der Waals surface area contributed by atoms with Crippen LogP contribution in [0, 0.1) is 0 Å². The average molecular weight is 599 g/mol. The van der Waals surface area contributed by atoms with Crippen LogP contribution in [0.15, 0.2) is 42.5 Å². The molecule has 1 amide bonds. The molecule has 6 heteroatoms. The number of benzene rings is 2. The molecule has 244 valence electrons. The fourth-order valence-corrected chi connectivity index (χ4v) is 5.51. The van der Waals surface area contributed by atoms with E-state index in [4.69, 9.17) is 14.2 Å². The van der Waals surface area contributed by atoms with Crippen molar-refractivity contribution in [1.29, 1.82) is 0 Å². The first-order valence-corrected chi connectivity index (χ1v) is 17.2. The standard InChI is InChI=1S/C31H44N2O4.3C2H6/c1-4-6-10-17-32(16-7-5-2)31(34)22-33-21-26(24-13-14-28-25(19-24)15-18-36-28)20-27(33)23-37-30-12-9-8-11-29(30)35-3;3*1-2/h8-9,11-14,19,26-27H,4-7,10,15-18,20-23H2,1-3H3;3*1-2H3. The minimum Gasteiger partial charge on any atom is -0.493 e. The first-order valence-electron chi connectivity index (χ1n) is 17.2. The van der Waals surface area contributed by atoms with Gasteiger partial charge in [0.2, 0.25) is 5.91 Å². The lowest BCUT2D eigenvalue weighted by atomic mass is 9.94. The van der Waals surface area contributed by atoms with Gasteiger partial charge in [0.15, 0.2) is 11.5 Å². The highest BCUT2D eigenvalue weighted by molar-refractivity contribution is 5.78. The number of para-hydroxylation sites is 2. The lowest BCUT2D eigenvalue weighted by Gasteiger charge is -2.28. The van der Waals surface area contributed by atoms with Crippen molar-refractivity contribution in [3.05, 3.63) is 53.6 Å². The molecule has 6 nitrogen and oxygen atoms in total. The molecule has 2 heterocycles. The van der Waals surface area contributed by atoms with Gasteiger partial charge in [-0.3, -0.25) is 9.69 Å². The van der Waals surface area contributed by atoms with E-state index in [1.165, 1.54) is 17.5 Å². The van der Waals surface area contributed by atoms with Gasteiger partial charge in [0.25, 0.3) is 0 Å². The van der Waals surface area contributed by atoms with Gasteiger partial charge in [0.05, 0.1) is 20.3 Å². The van der Waals surface area contributed by atoms with Crippen molar-refractivity contribution in [2.75, 3.05) is 46.5 Å². The molecule has 0 spiro atoms. The number of rotatable bonds is 14. The summed E-state index contributed by atoms with van der Waals surface area (Å²) in [4.78, 5) is 18.0. The van der Waals surface area contributed by atoms with Crippen LogP contribution in [0.4, 0.5) is 0 Å². The van der Waals surface area contributed by atoms with Crippen LogP contribution in [0.3, 0.4) is 0 Å². The number of likely N-dealkylation sites (tertiary alicyclic amines) is 1. The van der Waals surface area contributed by atoms with E-state index in [0.717, 1.165) is 82.0 Å². The molecular weight excluding hydrogens is 536 g/mol. The summed E-state index contributed by atoms with van der Waals surface area (Å²) in [5.74, 6) is 3.12. The van der Waals surface area contributed by atoms with Gasteiger partial charge < -0.3 is 19.1 Å². The molecule has 0 bridgehead atoms. The minimum atomic E-state index is 0.159. The highest BCUT2D eigenvalue weighted by atomic mass is 16.5. The summed E-state index contributed by atoms with van der Waals surface area (Å²) in [5, 5.41) is 0. The Hall–Kier alpha value is -2.73. The third kappa shape index (κ3) is 12.1. The maximum absolute atomic E-state index is 13.5. The monoisotopic (exact) mass is 598 g/mol. The van der Waals surface area contributed by atoms with E-state index in [9.17, 15) is 4.79 Å². The van der Waals surface area contributed by atoms with Crippen LogP contribution in [-0.2, 0) is 11.2 Å². The molecule has 43 heavy (non-hydrogen) atoms. The van der Waals surface area contributed by atoms with Gasteiger partial charge in [-0.05, 0) is 54.5 Å². The predicted octanol–water partition coefficient (Wildman–Crippen LogP) is 8.76. The van der Waals surface area contributed by atoms with Crippen molar-refractivity contribution in [2.24, 2.45) is 0 Å². The van der Waals surface area contributed by atoms with Gasteiger partial charge >= 0.3 is 0 Å². The Morgan fingerprint density at radius 2 is 1.60 bits per heavy atom. The Bertz CT molecular complexity index is 1010. The Labute approximate surface area is 264 Å². The Kier molecular flexibility index (Phi) is 20.3. The zero-order chi connectivity index (χ0) is 32.0. The summed E-state index contributed by atoms with van der Waals surface area (Å²) in [6, 6.07) is 14.6. The molecule has 2 aromatic rings. The van der Waals surface area contributed by atoms with E-state index in [1.54, 1.807) is 7.11 Å². The highest BCUT2D eigenvalue weighted by Crippen LogP contribution is 2.36. The van der Waals surface area contributed by atoms with Crippen molar-refractivity contribution in [3.63, 3.8) is 0 Å². The molecule has 2 aromatic carbocycles. The van der Waals surface area contributed by atoms with E-state index in [1.807, 2.05) is 65.8 Å². The summed E-state index contributed by atoms with van der Waals surface area (Å²) in [5.41, 5.74) is 2.64. The highest BCUT2D eigenvalue weighted by Gasteiger charge is 2.36. The molecular formula is C37H62N2O4. The van der Waals surface area contributed by atoms with E-state index in [0.29, 0.717) is 19.1 Å². The van der Waals surface area contributed by atoms with Crippen LogP contribution in [-0.4, -0.2) is 68.3 Å². The smallest absolute Gasteiger partial charge is 0.236 e. The van der Waals surface area contributed by atoms with Gasteiger partial charge in [-0.25, -0.2) is 0 Å². The van der Waals surface area contributed by atoms with Crippen LogP contribution in [0.2, 0.25) is 0 Å². The van der Waals surface area contributed by atoms with Crippen LogP contribution in [0.5, 0.6) is 17.2 Å². The summed E-state index contributed by atoms with van der Waals surface area (Å²) in [7, 11) is 1.67. The summed E-state index contributed by atoms with van der Waals surface area (Å²) < 4.78 is 17.5. The normalized spacial score (nSPS) is 16.7. The molecule has 2 aliphatic heterocycles. The van der Waals surface area contributed by atoms with E-state index < -0.39 is 0 Å². The number of amides is 1. The largest absolute Gasteiger partial charge is 0.493 e. The third-order valence-corrected chi connectivity index (χ3v) is 7.72. The molecule has 2 atom stereocenters. The second-order valence-electron chi connectivity index (χ2n) is 10.4. The zero-order valence-electron chi connectivity index (χ0n) is 28.9. The molecule has 0 aromatic heterocycles. The van der Waals surface area contributed by atoms with Gasteiger partial charge in [0, 0.05) is 32.1 Å². The van der Waals surface area contributed by atoms with Crippen molar-refractivity contribution >= 4 is 5.91 Å². The number of carbonyl (C=O) groups excluding carboxylic acids is 1. The summed E-state index contributed by atoms with van der Waals surface area (Å²) >= 11 is 0. The maximum atomic E-state index is 13.5. The lowest BCUT2D eigenvalue weighted by molar-refractivity contribution is -0.133. The summed E-state index contributed by atoms with van der Waals surface area (Å²) in [6.07, 6.45) is 7.50. The molecule has 2 aliphatic rings. The molecule has 0 N–H and O–H groups in total. The number of unbranched alkanes of at least 4 members (excludes halogenated alkanes) is 3. The van der Waals surface area contributed by atoms with E-state index >= 15 is 0 Å². The third-order valence-electron chi connectivity index (χ3n) is 7.72. The second-order valence-corrected chi connectivity index (χ2v) is 10.4. The fourth-order valence-electron chi connectivity index (χ4n) is 5.51. The molecule has 4 rings (SSSR count). The number of carbonyl (C=O) groups is 1. The van der Waals surface area contributed by atoms with Crippen molar-refractivity contribution < 1.29 is 19.0 Å². The van der Waals surface area contributed by atoms with E-state index in [-0.39, 0.29) is 11.9 Å². The van der Waals surface area contributed by atoms with Gasteiger partial charge in [-0.15, -0.1) is 0 Å². The van der Waals surface area contributed by atoms with Crippen LogP contribution >= 0.6 is 0 Å². The van der Waals surface area contributed by atoms with Crippen LogP contribution in [0.25, 0.3) is 0 Å². The van der Waals surface area contributed by atoms with Crippen molar-refractivity contribution in [2.45, 2.75) is 112 Å². The number of hydrogen-bond donors (Lipinski definition) is 0. The van der Waals surface area contributed by atoms with Gasteiger partial charge in [-0.2, -0.15) is 0 Å². The molecule has 0 radical (unpaired) electrons. The topological polar surface area (TPSA) is 51.2 Å². The Morgan fingerprint density at radius 1 is 0.930 bits per heavy atom. The van der Waals surface area contributed by atoms with Crippen molar-refractivity contribution in [3.8, 4) is 17.2 Å². The molecule has 0 aliphatic carbocycles. The zero-order valence-corrected chi connectivity index (χ0v) is 28.9. The molecule has 1 fully saturated rings. The fraction of sp³-hybridized carbons (Fsp3) is 0.649. The predicted molar refractivity (Wildman–Crippen MR) is 182 cm³/mol. The second kappa shape index (κ2) is 22.8. The van der Waals surface area contributed by atoms with Gasteiger partial charge in [-0.1, -0.05) is 98.9 Å². The number of nitrogens with zero attached hydrogens (tertiary/aromatic N) is 2. The maximum Gasteiger partial charge on any atom is 0.236 e. The first kappa shape index (κ1) is 38.3. The van der Waals surface area contributed by atoms with Crippen LogP contribution < -0.4 is 14.2 Å². The minimum absolute atomic E-state index is 0.159. The summed E-state index contributed by atoms with van der Waals surface area (Å²) in [6.45, 7) is 20.7. The molecule has 1 saturated heterocycles. The number of hydrogen-bond acceptors (Lipinski definition) is 5. The Morgan fingerprint density at radius 3 is 2.28 bits per heavy atom. The SMILES string of the molecule is CC.CC.CC.CCCCCN(CCCC)C(=O)CN1CC(c2ccc3c(c2)CCO3)CC1COc1ccccc1OC. The van der Waals surface area contributed by atoms with Gasteiger partial charge in [0.1, 0.15) is 12.4 Å². The number of fused-ring (bicyclic) bond motifs is 1. The van der Waals surface area contributed by atoms with E-state index in [2.05, 4.69) is 41.8 Å². The number of methoxy groups -OCH3 is 1. The Balaban J connectivity index is 0.00000145. The number of ether oxygens (including phenoxy) is 3. The average Bonchev–Trinajstić information content (AvgIpc) is 3.71.